The van der Waals surface area contributed by atoms with Crippen molar-refractivity contribution >= 4 is 57.7 Å². The van der Waals surface area contributed by atoms with E-state index >= 15 is 0 Å². The van der Waals surface area contributed by atoms with Crippen LogP contribution in [0, 0.1) is 5.92 Å². The number of amides is 2. The molecule has 1 fully saturated rings. The average Bonchev–Trinajstić information content (AvgIpc) is 3.39. The fourth-order valence-electron chi connectivity index (χ4n) is 2.12. The molecule has 1 aromatic carbocycles. The Bertz CT molecular complexity index is 775. The van der Waals surface area contributed by atoms with Crippen LogP contribution in [-0.2, 0) is 9.59 Å². The molecule has 1 saturated carbocycles. The van der Waals surface area contributed by atoms with Crippen LogP contribution in [0.4, 0.5) is 10.8 Å². The zero-order chi connectivity index (χ0) is 18.5. The van der Waals surface area contributed by atoms with E-state index in [0.717, 1.165) is 29.2 Å². The van der Waals surface area contributed by atoms with E-state index in [0.29, 0.717) is 10.3 Å². The first-order valence-electron chi connectivity index (χ1n) is 8.40. The number of carbonyl (C=O) groups excluding carboxylic acids is 2. The second-order valence-corrected chi connectivity index (χ2v) is 9.25. The highest BCUT2D eigenvalue weighted by molar-refractivity contribution is 8.00. The molecule has 138 valence electrons. The predicted molar refractivity (Wildman–Crippen MR) is 108 cm³/mol. The van der Waals surface area contributed by atoms with Crippen molar-refractivity contribution < 1.29 is 9.59 Å². The molecule has 1 atom stereocenters. The molecule has 6 nitrogen and oxygen atoms in total. The molecule has 0 radical (unpaired) electrons. The summed E-state index contributed by atoms with van der Waals surface area (Å²) in [6, 6.07) is 7.56. The zero-order valence-corrected chi connectivity index (χ0v) is 17.0. The van der Waals surface area contributed by atoms with Crippen LogP contribution in [0.1, 0.15) is 26.7 Å². The highest BCUT2D eigenvalue weighted by Crippen LogP contribution is 2.31. The fourth-order valence-corrected chi connectivity index (χ4v) is 4.26. The number of benzene rings is 1. The minimum Gasteiger partial charge on any atom is -0.326 e. The van der Waals surface area contributed by atoms with Crippen molar-refractivity contribution in [2.24, 2.45) is 5.92 Å². The molecule has 1 aliphatic rings. The SMILES string of the molecule is CCSc1nsc(NC(=O)C(C)Sc2ccc(NC(=O)C3CC3)cc2)n1. The van der Waals surface area contributed by atoms with Crippen molar-refractivity contribution in [2.45, 2.75) is 42.0 Å². The van der Waals surface area contributed by atoms with Gasteiger partial charge in [-0.25, -0.2) is 0 Å². The van der Waals surface area contributed by atoms with Gasteiger partial charge in [0.1, 0.15) is 0 Å². The largest absolute Gasteiger partial charge is 0.326 e. The van der Waals surface area contributed by atoms with Crippen molar-refractivity contribution in [3.63, 3.8) is 0 Å². The van der Waals surface area contributed by atoms with Gasteiger partial charge in [-0.3, -0.25) is 14.9 Å². The average molecular weight is 409 g/mol. The summed E-state index contributed by atoms with van der Waals surface area (Å²) >= 11 is 4.20. The van der Waals surface area contributed by atoms with Gasteiger partial charge in [0.05, 0.1) is 5.25 Å². The topological polar surface area (TPSA) is 84.0 Å². The summed E-state index contributed by atoms with van der Waals surface area (Å²) < 4.78 is 4.19. The van der Waals surface area contributed by atoms with E-state index in [1.165, 1.54) is 23.3 Å². The van der Waals surface area contributed by atoms with Gasteiger partial charge >= 0.3 is 0 Å². The van der Waals surface area contributed by atoms with E-state index in [9.17, 15) is 9.59 Å². The number of thioether (sulfide) groups is 2. The van der Waals surface area contributed by atoms with Gasteiger partial charge in [0.25, 0.3) is 0 Å². The van der Waals surface area contributed by atoms with Crippen LogP contribution in [0.15, 0.2) is 34.3 Å². The van der Waals surface area contributed by atoms with Gasteiger partial charge in [0.15, 0.2) is 0 Å². The number of aromatic nitrogens is 2. The zero-order valence-electron chi connectivity index (χ0n) is 14.5. The molecule has 0 saturated heterocycles. The van der Waals surface area contributed by atoms with Gasteiger partial charge in [-0.15, -0.1) is 11.8 Å². The van der Waals surface area contributed by atoms with Crippen molar-refractivity contribution in [2.75, 3.05) is 16.4 Å². The second-order valence-electron chi connectivity index (χ2n) is 5.85. The first-order valence-corrected chi connectivity index (χ1v) is 11.0. The van der Waals surface area contributed by atoms with Crippen LogP contribution in [0.2, 0.25) is 0 Å². The molecular weight excluding hydrogens is 388 g/mol. The summed E-state index contributed by atoms with van der Waals surface area (Å²) in [4.78, 5) is 29.3. The molecule has 1 unspecified atom stereocenters. The molecule has 2 N–H and O–H groups in total. The Balaban J connectivity index is 1.50. The van der Waals surface area contributed by atoms with Crippen LogP contribution >= 0.6 is 35.1 Å². The molecule has 3 rings (SSSR count). The first kappa shape index (κ1) is 19.2. The van der Waals surface area contributed by atoms with Gasteiger partial charge < -0.3 is 5.32 Å². The number of nitrogens with zero attached hydrogens (tertiary/aromatic N) is 2. The Hall–Kier alpha value is -1.58. The van der Waals surface area contributed by atoms with Gasteiger partial charge in [-0.2, -0.15) is 9.36 Å². The van der Waals surface area contributed by atoms with Crippen LogP contribution in [0.25, 0.3) is 0 Å². The van der Waals surface area contributed by atoms with E-state index in [2.05, 4.69) is 20.0 Å². The molecule has 1 aliphatic carbocycles. The third-order valence-corrected chi connectivity index (χ3v) is 6.25. The number of nitrogens with one attached hydrogen (secondary N) is 2. The fraction of sp³-hybridized carbons (Fsp3) is 0.412. The van der Waals surface area contributed by atoms with Crippen molar-refractivity contribution in [1.29, 1.82) is 0 Å². The molecular formula is C17H20N4O2S3. The highest BCUT2D eigenvalue weighted by Gasteiger charge is 2.29. The molecule has 0 aliphatic heterocycles. The molecule has 26 heavy (non-hydrogen) atoms. The van der Waals surface area contributed by atoms with Gasteiger partial charge in [-0.05, 0) is 49.8 Å². The third-order valence-electron chi connectivity index (χ3n) is 3.66. The monoisotopic (exact) mass is 408 g/mol. The number of hydrogen-bond acceptors (Lipinski definition) is 7. The summed E-state index contributed by atoms with van der Waals surface area (Å²) in [6.07, 6.45) is 1.97. The van der Waals surface area contributed by atoms with Crippen molar-refractivity contribution in [1.82, 2.24) is 9.36 Å². The molecule has 0 bridgehead atoms. The second kappa shape index (κ2) is 8.88. The van der Waals surface area contributed by atoms with Crippen LogP contribution < -0.4 is 10.6 Å². The number of hydrogen-bond donors (Lipinski definition) is 2. The molecule has 0 spiro atoms. The van der Waals surface area contributed by atoms with E-state index in [1.807, 2.05) is 38.1 Å². The summed E-state index contributed by atoms with van der Waals surface area (Å²) in [7, 11) is 0. The third kappa shape index (κ3) is 5.46. The Morgan fingerprint density at radius 3 is 2.65 bits per heavy atom. The van der Waals surface area contributed by atoms with Gasteiger partial charge in [-0.1, -0.05) is 18.7 Å². The van der Waals surface area contributed by atoms with Crippen molar-refractivity contribution in [3.05, 3.63) is 24.3 Å². The lowest BCUT2D eigenvalue weighted by molar-refractivity contribution is -0.117. The maximum absolute atomic E-state index is 12.3. The summed E-state index contributed by atoms with van der Waals surface area (Å²) in [5.41, 5.74) is 0.790. The Kier molecular flexibility index (Phi) is 6.55. The smallest absolute Gasteiger partial charge is 0.239 e. The predicted octanol–water partition coefficient (Wildman–Crippen LogP) is 4.12. The summed E-state index contributed by atoms with van der Waals surface area (Å²) in [5.74, 6) is 1.07. The standard InChI is InChI=1S/C17H20N4O2S3/c1-3-24-17-20-16(26-21-17)19-14(22)10(2)25-13-8-6-12(7-9-13)18-15(23)11-4-5-11/h6-11H,3-5H2,1-2H3,(H,18,23)(H,19,20,21,22). The minimum absolute atomic E-state index is 0.0933. The van der Waals surface area contributed by atoms with E-state index in [1.54, 1.807) is 11.8 Å². The molecule has 2 amide bonds. The van der Waals surface area contributed by atoms with Crippen molar-refractivity contribution in [3.8, 4) is 0 Å². The highest BCUT2D eigenvalue weighted by atomic mass is 32.2. The Morgan fingerprint density at radius 2 is 2.00 bits per heavy atom. The van der Waals surface area contributed by atoms with E-state index in [4.69, 9.17) is 0 Å². The quantitative estimate of drug-likeness (QED) is 0.639. The Morgan fingerprint density at radius 1 is 1.27 bits per heavy atom. The Labute approximate surface area is 165 Å². The maximum atomic E-state index is 12.3. The maximum Gasteiger partial charge on any atom is 0.239 e. The molecule has 2 aromatic rings. The van der Waals surface area contributed by atoms with Crippen LogP contribution in [0.3, 0.4) is 0 Å². The number of carbonyl (C=O) groups is 2. The lowest BCUT2D eigenvalue weighted by atomic mass is 10.3. The van der Waals surface area contributed by atoms with E-state index < -0.39 is 0 Å². The molecule has 1 heterocycles. The van der Waals surface area contributed by atoms with Crippen LogP contribution in [-0.4, -0.2) is 32.2 Å². The lowest BCUT2D eigenvalue weighted by Crippen LogP contribution is -2.22. The molecule has 9 heteroatoms. The molecule has 1 aromatic heterocycles. The first-order chi connectivity index (χ1) is 12.5. The number of anilines is 2. The summed E-state index contributed by atoms with van der Waals surface area (Å²) in [5, 5.41) is 6.67. The number of rotatable bonds is 8. The summed E-state index contributed by atoms with van der Waals surface area (Å²) in [6.45, 7) is 3.89. The van der Waals surface area contributed by atoms with Gasteiger partial charge in [0, 0.05) is 28.0 Å². The van der Waals surface area contributed by atoms with E-state index in [-0.39, 0.29) is 23.0 Å². The lowest BCUT2D eigenvalue weighted by Gasteiger charge is -2.11. The minimum atomic E-state index is -0.270. The van der Waals surface area contributed by atoms with Gasteiger partial charge in [0.2, 0.25) is 22.1 Å². The normalized spacial score (nSPS) is 14.7. The van der Waals surface area contributed by atoms with Crippen LogP contribution in [0.5, 0.6) is 0 Å².